The van der Waals surface area contributed by atoms with E-state index in [1.165, 1.54) is 20.2 Å². The molecular weight excluding hydrogens is 394 g/mol. The molecule has 4 rings (SSSR count). The van der Waals surface area contributed by atoms with E-state index in [0.717, 1.165) is 43.7 Å². The highest BCUT2D eigenvalue weighted by atomic mass is 32.1. The van der Waals surface area contributed by atoms with Gasteiger partial charge in [0.15, 0.2) is 6.54 Å². The molecule has 1 N–H and O–H groups in total. The number of ether oxygens (including phenoxy) is 1. The van der Waals surface area contributed by atoms with Crippen LogP contribution in [-0.4, -0.2) is 49.1 Å². The van der Waals surface area contributed by atoms with Crippen LogP contribution in [0.1, 0.15) is 36.3 Å². The first-order chi connectivity index (χ1) is 14.6. The number of aromatic nitrogens is 1. The van der Waals surface area contributed by atoms with E-state index in [2.05, 4.69) is 37.4 Å². The van der Waals surface area contributed by atoms with Gasteiger partial charge in [-0.05, 0) is 56.2 Å². The lowest BCUT2D eigenvalue weighted by molar-refractivity contribution is -0.885. The summed E-state index contributed by atoms with van der Waals surface area (Å²) in [6.07, 6.45) is 2.16. The molecule has 2 atom stereocenters. The Morgan fingerprint density at radius 2 is 2.03 bits per heavy atom. The quantitative estimate of drug-likeness (QED) is 0.634. The number of rotatable bonds is 7. The molecule has 0 saturated carbocycles. The number of carbonyl (C=O) groups is 1. The summed E-state index contributed by atoms with van der Waals surface area (Å²) in [7, 11) is 2.09. The summed E-state index contributed by atoms with van der Waals surface area (Å²) < 4.78 is 6.74. The first-order valence-corrected chi connectivity index (χ1v) is 11.6. The standard InChI is InChI=1S/C24H29N3O2S/c1-3-29-20-12-10-18(11-13-20)15-26(2)17-23(28)27-14-6-7-19(16-27)24-25-21-8-4-5-9-22(21)30-24/h4-5,8-13,19H,3,6-7,14-17H2,1-2H3/p+1/t19-/m0/s1. The third kappa shape index (κ3) is 4.99. The van der Waals surface area contributed by atoms with E-state index >= 15 is 0 Å². The zero-order valence-electron chi connectivity index (χ0n) is 17.8. The fraction of sp³-hybridized carbons (Fsp3) is 0.417. The molecule has 30 heavy (non-hydrogen) atoms. The van der Waals surface area contributed by atoms with Gasteiger partial charge < -0.3 is 14.5 Å². The van der Waals surface area contributed by atoms with Gasteiger partial charge in [0.2, 0.25) is 0 Å². The summed E-state index contributed by atoms with van der Waals surface area (Å²) >= 11 is 1.77. The van der Waals surface area contributed by atoms with Gasteiger partial charge in [0.25, 0.3) is 5.91 Å². The number of piperidine rings is 1. The highest BCUT2D eigenvalue weighted by Gasteiger charge is 2.28. The lowest BCUT2D eigenvalue weighted by atomic mass is 9.98. The predicted octanol–water partition coefficient (Wildman–Crippen LogP) is 3.12. The Balaban J connectivity index is 1.33. The van der Waals surface area contributed by atoms with Gasteiger partial charge in [0.1, 0.15) is 12.3 Å². The van der Waals surface area contributed by atoms with Crippen molar-refractivity contribution in [1.29, 1.82) is 0 Å². The zero-order chi connectivity index (χ0) is 20.9. The SMILES string of the molecule is CCOc1ccc(C[NH+](C)CC(=O)N2CCC[C@H](c3nc4ccccc4s3)C2)cc1. The van der Waals surface area contributed by atoms with E-state index in [0.29, 0.717) is 19.1 Å². The van der Waals surface area contributed by atoms with E-state index in [9.17, 15) is 4.79 Å². The second-order valence-electron chi connectivity index (χ2n) is 8.09. The summed E-state index contributed by atoms with van der Waals surface area (Å²) in [5.41, 5.74) is 2.29. The first kappa shape index (κ1) is 20.8. The zero-order valence-corrected chi connectivity index (χ0v) is 18.6. The van der Waals surface area contributed by atoms with Crippen molar-refractivity contribution in [2.45, 2.75) is 32.2 Å². The number of hydrogen-bond acceptors (Lipinski definition) is 4. The average Bonchev–Trinajstić information content (AvgIpc) is 3.20. The van der Waals surface area contributed by atoms with Crippen LogP contribution in [0.2, 0.25) is 0 Å². The van der Waals surface area contributed by atoms with Crippen molar-refractivity contribution >= 4 is 27.5 Å². The minimum atomic E-state index is 0.240. The minimum absolute atomic E-state index is 0.240. The molecule has 0 aliphatic carbocycles. The Hall–Kier alpha value is -2.44. The predicted molar refractivity (Wildman–Crippen MR) is 121 cm³/mol. The Labute approximate surface area is 182 Å². The van der Waals surface area contributed by atoms with Gasteiger partial charge in [-0.1, -0.05) is 12.1 Å². The molecule has 158 valence electrons. The number of para-hydroxylation sites is 1. The summed E-state index contributed by atoms with van der Waals surface area (Å²) in [5, 5.41) is 1.17. The van der Waals surface area contributed by atoms with Gasteiger partial charge in [-0.15, -0.1) is 11.3 Å². The van der Waals surface area contributed by atoms with Gasteiger partial charge in [0, 0.05) is 24.6 Å². The van der Waals surface area contributed by atoms with Gasteiger partial charge in [-0.2, -0.15) is 0 Å². The molecule has 0 bridgehead atoms. The molecule has 1 aliphatic rings. The van der Waals surface area contributed by atoms with Crippen LogP contribution in [0, 0.1) is 0 Å². The molecule has 6 heteroatoms. The van der Waals surface area contributed by atoms with Crippen molar-refractivity contribution in [3.05, 3.63) is 59.1 Å². The second-order valence-corrected chi connectivity index (χ2v) is 9.15. The molecule has 1 unspecified atom stereocenters. The van der Waals surface area contributed by atoms with Crippen LogP contribution in [0.3, 0.4) is 0 Å². The van der Waals surface area contributed by atoms with E-state index in [4.69, 9.17) is 9.72 Å². The number of likely N-dealkylation sites (tertiary alicyclic amines) is 1. The smallest absolute Gasteiger partial charge is 0.277 e. The first-order valence-electron chi connectivity index (χ1n) is 10.8. The number of fused-ring (bicyclic) bond motifs is 1. The maximum Gasteiger partial charge on any atom is 0.277 e. The summed E-state index contributed by atoms with van der Waals surface area (Å²) in [6, 6.07) is 16.5. The number of quaternary nitrogens is 1. The molecule has 1 aromatic heterocycles. The van der Waals surface area contributed by atoms with E-state index < -0.39 is 0 Å². The highest BCUT2D eigenvalue weighted by Crippen LogP contribution is 2.32. The Morgan fingerprint density at radius 1 is 1.23 bits per heavy atom. The maximum absolute atomic E-state index is 13.0. The van der Waals surface area contributed by atoms with Crippen LogP contribution in [0.15, 0.2) is 48.5 Å². The lowest BCUT2D eigenvalue weighted by Gasteiger charge is -2.32. The molecular formula is C24H30N3O2S+. The van der Waals surface area contributed by atoms with Gasteiger partial charge in [0.05, 0.1) is 28.9 Å². The van der Waals surface area contributed by atoms with Crippen LogP contribution in [0.25, 0.3) is 10.2 Å². The van der Waals surface area contributed by atoms with E-state index in [1.54, 1.807) is 11.3 Å². The number of nitrogens with one attached hydrogen (secondary N) is 1. The normalized spacial score (nSPS) is 17.8. The molecule has 1 aliphatic heterocycles. The number of hydrogen-bond donors (Lipinski definition) is 1. The van der Waals surface area contributed by atoms with Crippen molar-refractivity contribution in [3.63, 3.8) is 0 Å². The van der Waals surface area contributed by atoms with Crippen LogP contribution in [0.4, 0.5) is 0 Å². The van der Waals surface area contributed by atoms with Crippen molar-refractivity contribution < 1.29 is 14.4 Å². The van der Waals surface area contributed by atoms with Crippen molar-refractivity contribution in [1.82, 2.24) is 9.88 Å². The second kappa shape index (κ2) is 9.58. The fourth-order valence-corrected chi connectivity index (χ4v) is 5.21. The highest BCUT2D eigenvalue weighted by molar-refractivity contribution is 7.18. The number of benzene rings is 2. The molecule has 1 amide bonds. The number of amides is 1. The van der Waals surface area contributed by atoms with Crippen LogP contribution >= 0.6 is 11.3 Å². The number of carbonyl (C=O) groups excluding carboxylic acids is 1. The van der Waals surface area contributed by atoms with Gasteiger partial charge >= 0.3 is 0 Å². The maximum atomic E-state index is 13.0. The molecule has 5 nitrogen and oxygen atoms in total. The van der Waals surface area contributed by atoms with Crippen molar-refractivity contribution in [2.75, 3.05) is 33.3 Å². The largest absolute Gasteiger partial charge is 0.494 e. The summed E-state index contributed by atoms with van der Waals surface area (Å²) in [5.74, 6) is 1.49. The Morgan fingerprint density at radius 3 is 2.80 bits per heavy atom. The molecule has 2 aromatic carbocycles. The molecule has 3 aromatic rings. The average molecular weight is 425 g/mol. The topological polar surface area (TPSA) is 46.9 Å². The minimum Gasteiger partial charge on any atom is -0.494 e. The number of likely N-dealkylation sites (N-methyl/N-ethyl adjacent to an activating group) is 1. The van der Waals surface area contributed by atoms with Crippen molar-refractivity contribution in [3.8, 4) is 5.75 Å². The van der Waals surface area contributed by atoms with Gasteiger partial charge in [-0.25, -0.2) is 4.98 Å². The van der Waals surface area contributed by atoms with Crippen LogP contribution in [-0.2, 0) is 11.3 Å². The fourth-order valence-electron chi connectivity index (χ4n) is 4.12. The van der Waals surface area contributed by atoms with Crippen molar-refractivity contribution in [2.24, 2.45) is 0 Å². The van der Waals surface area contributed by atoms with E-state index in [1.807, 2.05) is 30.0 Å². The third-order valence-corrected chi connectivity index (χ3v) is 6.83. The monoisotopic (exact) mass is 424 g/mol. The lowest BCUT2D eigenvalue weighted by Crippen LogP contribution is -3.08. The number of nitrogens with zero attached hydrogens (tertiary/aromatic N) is 2. The molecule has 1 fully saturated rings. The Kier molecular flexibility index (Phi) is 6.65. The Bertz CT molecular complexity index is 953. The third-order valence-electron chi connectivity index (χ3n) is 5.63. The number of thiazole rings is 1. The summed E-state index contributed by atoms with van der Waals surface area (Å²) in [4.78, 5) is 21.0. The molecule has 1 saturated heterocycles. The van der Waals surface area contributed by atoms with Gasteiger partial charge in [-0.3, -0.25) is 4.79 Å². The molecule has 2 heterocycles. The molecule has 0 radical (unpaired) electrons. The van der Waals surface area contributed by atoms with Crippen LogP contribution in [0.5, 0.6) is 5.75 Å². The molecule has 0 spiro atoms. The summed E-state index contributed by atoms with van der Waals surface area (Å²) in [6.45, 7) is 5.64. The van der Waals surface area contributed by atoms with E-state index in [-0.39, 0.29) is 5.91 Å². The van der Waals surface area contributed by atoms with Crippen LogP contribution < -0.4 is 9.64 Å².